The van der Waals surface area contributed by atoms with Gasteiger partial charge in [-0.3, -0.25) is 0 Å². The highest BCUT2D eigenvalue weighted by Gasteiger charge is 2.08. The molecular weight excluding hydrogens is 284 g/mol. The molecule has 1 aromatic heterocycles. The minimum Gasteiger partial charge on any atom is -0.336 e. The molecule has 23 heavy (non-hydrogen) atoms. The number of fused-ring (bicyclic) bond motifs is 2. The summed E-state index contributed by atoms with van der Waals surface area (Å²) in [6.07, 6.45) is 1.89. The van der Waals surface area contributed by atoms with Crippen LogP contribution in [0.5, 0.6) is 0 Å². The van der Waals surface area contributed by atoms with Crippen molar-refractivity contribution in [3.63, 3.8) is 0 Å². The van der Waals surface area contributed by atoms with Crippen LogP contribution >= 0.6 is 0 Å². The fourth-order valence-corrected chi connectivity index (χ4v) is 2.83. The number of aromatic nitrogens is 1. The Bertz CT molecular complexity index is 990. The fraction of sp³-hybridized carbons (Fsp3) is 0.100. The smallest absolute Gasteiger partial charge is 0.253 e. The Kier molecular flexibility index (Phi) is 3.19. The average Bonchev–Trinajstić information content (AvgIpc) is 2.90. The molecule has 0 radical (unpaired) electrons. The molecule has 0 N–H and O–H groups in total. The number of rotatable bonds is 2. The summed E-state index contributed by atoms with van der Waals surface area (Å²) in [5.74, 6) is 0.569. The van der Waals surface area contributed by atoms with E-state index < -0.39 is 0 Å². The lowest BCUT2D eigenvalue weighted by atomic mass is 9.97. The summed E-state index contributed by atoms with van der Waals surface area (Å²) in [5, 5.41) is 8.75. The van der Waals surface area contributed by atoms with Crippen molar-refractivity contribution in [1.82, 2.24) is 5.16 Å². The van der Waals surface area contributed by atoms with Crippen LogP contribution in [0.1, 0.15) is 16.8 Å². The number of aliphatic imine (C=N–C) groups is 1. The molecule has 0 bridgehead atoms. The van der Waals surface area contributed by atoms with Crippen molar-refractivity contribution < 1.29 is 4.52 Å². The molecule has 0 saturated heterocycles. The van der Waals surface area contributed by atoms with E-state index in [2.05, 4.69) is 64.7 Å². The molecule has 0 saturated carbocycles. The van der Waals surface area contributed by atoms with Crippen LogP contribution in [-0.2, 0) is 0 Å². The van der Waals surface area contributed by atoms with Gasteiger partial charge in [-0.05, 0) is 41.5 Å². The Morgan fingerprint density at radius 3 is 2.09 bits per heavy atom. The molecule has 0 spiro atoms. The predicted molar refractivity (Wildman–Crippen MR) is 94.7 cm³/mol. The Hall–Kier alpha value is -2.94. The highest BCUT2D eigenvalue weighted by molar-refractivity contribution is 6.13. The molecule has 0 aliphatic heterocycles. The van der Waals surface area contributed by atoms with Gasteiger partial charge in [0.15, 0.2) is 0 Å². The van der Waals surface area contributed by atoms with E-state index in [1.807, 2.05) is 20.1 Å². The van der Waals surface area contributed by atoms with E-state index in [-0.39, 0.29) is 0 Å². The largest absolute Gasteiger partial charge is 0.336 e. The second-order valence-electron chi connectivity index (χ2n) is 5.69. The predicted octanol–water partition coefficient (Wildman–Crippen LogP) is 5.35. The zero-order valence-corrected chi connectivity index (χ0v) is 13.1. The molecule has 0 unspecified atom stereocenters. The molecule has 3 nitrogen and oxygen atoms in total. The molecule has 0 amide bonds. The van der Waals surface area contributed by atoms with Crippen molar-refractivity contribution in [1.29, 1.82) is 0 Å². The zero-order valence-electron chi connectivity index (χ0n) is 13.1. The van der Waals surface area contributed by atoms with Gasteiger partial charge in [0, 0.05) is 17.3 Å². The van der Waals surface area contributed by atoms with Crippen molar-refractivity contribution in [3.8, 4) is 0 Å². The summed E-state index contributed by atoms with van der Waals surface area (Å²) in [5.41, 5.74) is 2.96. The van der Waals surface area contributed by atoms with E-state index in [4.69, 9.17) is 4.52 Å². The quantitative estimate of drug-likeness (QED) is 0.370. The summed E-state index contributed by atoms with van der Waals surface area (Å²) in [4.78, 5) is 4.54. The van der Waals surface area contributed by atoms with Crippen LogP contribution < -0.4 is 0 Å². The average molecular weight is 300 g/mol. The first-order chi connectivity index (χ1) is 11.2. The van der Waals surface area contributed by atoms with Gasteiger partial charge in [0.05, 0.1) is 5.69 Å². The minimum absolute atomic E-state index is 0.569. The Balaban J connectivity index is 1.97. The van der Waals surface area contributed by atoms with Gasteiger partial charge in [-0.15, -0.1) is 0 Å². The molecule has 4 rings (SSSR count). The Labute approximate surface area is 134 Å². The third-order valence-electron chi connectivity index (χ3n) is 4.26. The third kappa shape index (κ3) is 2.30. The van der Waals surface area contributed by atoms with Crippen LogP contribution in [0, 0.1) is 13.8 Å². The normalized spacial score (nSPS) is 11.7. The molecule has 0 aliphatic rings. The van der Waals surface area contributed by atoms with E-state index >= 15 is 0 Å². The van der Waals surface area contributed by atoms with Gasteiger partial charge in [0.25, 0.3) is 5.88 Å². The number of benzene rings is 3. The second kappa shape index (κ2) is 5.36. The maximum atomic E-state index is 5.29. The molecular formula is C20H16N2O. The van der Waals surface area contributed by atoms with Crippen molar-refractivity contribution in [2.45, 2.75) is 13.8 Å². The summed E-state index contributed by atoms with van der Waals surface area (Å²) in [6, 6.07) is 18.9. The lowest BCUT2D eigenvalue weighted by Gasteiger charge is -2.07. The van der Waals surface area contributed by atoms with E-state index in [0.29, 0.717) is 5.88 Å². The number of aryl methyl sites for hydroxylation is 1. The molecule has 3 aromatic carbocycles. The zero-order chi connectivity index (χ0) is 15.8. The second-order valence-corrected chi connectivity index (χ2v) is 5.69. The van der Waals surface area contributed by atoms with Gasteiger partial charge >= 0.3 is 0 Å². The SMILES string of the molecule is Cc1noc(N=Cc2c3ccccc3cc3ccccc23)c1C. The maximum absolute atomic E-state index is 5.29. The van der Waals surface area contributed by atoms with Crippen LogP contribution in [0.25, 0.3) is 21.5 Å². The molecule has 1 heterocycles. The van der Waals surface area contributed by atoms with Gasteiger partial charge in [0.2, 0.25) is 0 Å². The number of hydrogen-bond donors (Lipinski definition) is 0. The maximum Gasteiger partial charge on any atom is 0.253 e. The summed E-state index contributed by atoms with van der Waals surface area (Å²) in [7, 11) is 0. The van der Waals surface area contributed by atoms with Crippen LogP contribution in [0.3, 0.4) is 0 Å². The molecule has 4 aromatic rings. The highest BCUT2D eigenvalue weighted by atomic mass is 16.5. The van der Waals surface area contributed by atoms with Gasteiger partial charge in [-0.2, -0.15) is 0 Å². The van der Waals surface area contributed by atoms with E-state index in [0.717, 1.165) is 16.8 Å². The number of hydrogen-bond acceptors (Lipinski definition) is 3. The van der Waals surface area contributed by atoms with Crippen molar-refractivity contribution in [2.75, 3.05) is 0 Å². The van der Waals surface area contributed by atoms with Crippen LogP contribution in [0.4, 0.5) is 5.88 Å². The Morgan fingerprint density at radius 1 is 0.913 bits per heavy atom. The molecule has 0 fully saturated rings. The van der Waals surface area contributed by atoms with Crippen molar-refractivity contribution in [3.05, 3.63) is 71.4 Å². The summed E-state index contributed by atoms with van der Waals surface area (Å²) < 4.78 is 5.29. The third-order valence-corrected chi connectivity index (χ3v) is 4.26. The molecule has 112 valence electrons. The monoisotopic (exact) mass is 300 g/mol. The van der Waals surface area contributed by atoms with E-state index in [1.54, 1.807) is 0 Å². The molecule has 0 aliphatic carbocycles. The first-order valence-corrected chi connectivity index (χ1v) is 7.61. The van der Waals surface area contributed by atoms with Gasteiger partial charge in [0.1, 0.15) is 0 Å². The van der Waals surface area contributed by atoms with Crippen LogP contribution in [0.15, 0.2) is 64.1 Å². The van der Waals surface area contributed by atoms with Crippen molar-refractivity contribution in [2.24, 2.45) is 4.99 Å². The minimum atomic E-state index is 0.569. The van der Waals surface area contributed by atoms with Gasteiger partial charge in [-0.25, -0.2) is 4.99 Å². The van der Waals surface area contributed by atoms with Crippen LogP contribution in [0.2, 0.25) is 0 Å². The van der Waals surface area contributed by atoms with Crippen LogP contribution in [-0.4, -0.2) is 11.4 Å². The van der Waals surface area contributed by atoms with Crippen molar-refractivity contribution >= 4 is 33.6 Å². The molecule has 0 atom stereocenters. The lowest BCUT2D eigenvalue weighted by Crippen LogP contribution is -1.88. The van der Waals surface area contributed by atoms with Gasteiger partial charge < -0.3 is 4.52 Å². The first kappa shape index (κ1) is 13.7. The topological polar surface area (TPSA) is 38.4 Å². The highest BCUT2D eigenvalue weighted by Crippen LogP contribution is 2.28. The fourth-order valence-electron chi connectivity index (χ4n) is 2.83. The standard InChI is InChI=1S/C20H16N2O/c1-13-14(2)22-23-20(13)21-12-19-17-9-5-3-7-15(17)11-16-8-4-6-10-18(16)19/h3-12H,1-2H3. The summed E-state index contributed by atoms with van der Waals surface area (Å²) in [6.45, 7) is 3.89. The first-order valence-electron chi connectivity index (χ1n) is 7.61. The Morgan fingerprint density at radius 2 is 1.52 bits per heavy atom. The van der Waals surface area contributed by atoms with Gasteiger partial charge in [-0.1, -0.05) is 53.7 Å². The molecule has 3 heteroatoms. The summed E-state index contributed by atoms with van der Waals surface area (Å²) >= 11 is 0. The van der Waals surface area contributed by atoms with E-state index in [9.17, 15) is 0 Å². The van der Waals surface area contributed by atoms with E-state index in [1.165, 1.54) is 21.5 Å². The lowest BCUT2D eigenvalue weighted by molar-refractivity contribution is 0.425. The number of nitrogens with zero attached hydrogens (tertiary/aromatic N) is 2.